The number of carbonyl (C=O) groups is 2. The zero-order chi connectivity index (χ0) is 18.3. The van der Waals surface area contributed by atoms with Crippen LogP contribution in [0.5, 0.6) is 0 Å². The van der Waals surface area contributed by atoms with E-state index in [2.05, 4.69) is 4.72 Å². The monoisotopic (exact) mass is 358 g/mol. The zero-order valence-electron chi connectivity index (χ0n) is 13.9. The molecule has 0 unspecified atom stereocenters. The van der Waals surface area contributed by atoms with E-state index in [1.807, 2.05) is 0 Å². The summed E-state index contributed by atoms with van der Waals surface area (Å²) in [6.45, 7) is 3.30. The predicted octanol–water partition coefficient (Wildman–Crippen LogP) is 0.466. The summed E-state index contributed by atoms with van der Waals surface area (Å²) < 4.78 is 31.4. The summed E-state index contributed by atoms with van der Waals surface area (Å²) in [5.41, 5.74) is 0.703. The van der Waals surface area contributed by atoms with Gasteiger partial charge in [0.2, 0.25) is 10.0 Å². The van der Waals surface area contributed by atoms with Crippen LogP contribution in [0.25, 0.3) is 0 Å². The lowest BCUT2D eigenvalue weighted by molar-refractivity contribution is -0.137. The molecule has 0 aliphatic rings. The summed E-state index contributed by atoms with van der Waals surface area (Å²) >= 11 is 0. The molecule has 0 atom stereocenters. The number of carboxylic acid groups (broad SMARTS) is 1. The number of carbonyl (C=O) groups excluding carboxylic acids is 1. The van der Waals surface area contributed by atoms with Crippen LogP contribution in [0.4, 0.5) is 0 Å². The molecule has 1 rings (SSSR count). The normalized spacial score (nSPS) is 11.3. The number of aliphatic carboxylic acids is 1. The van der Waals surface area contributed by atoms with Crippen LogP contribution >= 0.6 is 0 Å². The van der Waals surface area contributed by atoms with Crippen molar-refractivity contribution in [2.75, 3.05) is 33.4 Å². The standard InChI is InChI=1S/C15H22N2O6S/c1-4-16-24(21,22)12-6-5-11(2)13(9-12)15(20)17(7-8-23-3)10-14(18)19/h5-6,9,16H,4,7-8,10H2,1-3H3,(H,18,19). The van der Waals surface area contributed by atoms with Crippen LogP contribution in [0.3, 0.4) is 0 Å². The molecular formula is C15H22N2O6S. The van der Waals surface area contributed by atoms with Crippen molar-refractivity contribution >= 4 is 21.9 Å². The fourth-order valence-corrected chi connectivity index (χ4v) is 3.13. The predicted molar refractivity (Wildman–Crippen MR) is 87.5 cm³/mol. The van der Waals surface area contributed by atoms with Gasteiger partial charge in [-0.2, -0.15) is 0 Å². The molecule has 1 amide bonds. The van der Waals surface area contributed by atoms with Gasteiger partial charge in [-0.3, -0.25) is 9.59 Å². The minimum atomic E-state index is -3.71. The molecule has 0 saturated heterocycles. The summed E-state index contributed by atoms with van der Waals surface area (Å²) in [6, 6.07) is 4.19. The molecule has 0 bridgehead atoms. The Morgan fingerprint density at radius 1 is 1.33 bits per heavy atom. The maximum absolute atomic E-state index is 12.6. The van der Waals surface area contributed by atoms with Gasteiger partial charge in [-0.15, -0.1) is 0 Å². The van der Waals surface area contributed by atoms with Crippen LogP contribution in [-0.4, -0.2) is 63.7 Å². The number of ether oxygens (including phenoxy) is 1. The lowest BCUT2D eigenvalue weighted by atomic mass is 10.1. The molecule has 0 aliphatic carbocycles. The van der Waals surface area contributed by atoms with Crippen molar-refractivity contribution in [2.45, 2.75) is 18.7 Å². The van der Waals surface area contributed by atoms with Gasteiger partial charge in [0.1, 0.15) is 6.54 Å². The molecule has 0 spiro atoms. The number of benzene rings is 1. The first-order valence-electron chi connectivity index (χ1n) is 7.33. The fourth-order valence-electron chi connectivity index (χ4n) is 2.06. The number of aryl methyl sites for hydroxylation is 1. The number of nitrogens with zero attached hydrogens (tertiary/aromatic N) is 1. The second kappa shape index (κ2) is 8.76. The van der Waals surface area contributed by atoms with Crippen LogP contribution < -0.4 is 4.72 Å². The Bertz CT molecular complexity index is 702. The molecule has 1 aromatic rings. The van der Waals surface area contributed by atoms with Crippen LogP contribution in [0, 0.1) is 6.92 Å². The highest BCUT2D eigenvalue weighted by Crippen LogP contribution is 2.17. The lowest BCUT2D eigenvalue weighted by Crippen LogP contribution is -2.38. The maximum atomic E-state index is 12.6. The molecule has 0 aromatic heterocycles. The van der Waals surface area contributed by atoms with E-state index >= 15 is 0 Å². The molecule has 8 nitrogen and oxygen atoms in total. The summed E-state index contributed by atoms with van der Waals surface area (Å²) in [6.07, 6.45) is 0. The number of rotatable bonds is 9. The van der Waals surface area contributed by atoms with Crippen molar-refractivity contribution in [1.82, 2.24) is 9.62 Å². The fraction of sp³-hybridized carbons (Fsp3) is 0.467. The highest BCUT2D eigenvalue weighted by atomic mass is 32.2. The Morgan fingerprint density at radius 2 is 2.00 bits per heavy atom. The van der Waals surface area contributed by atoms with Crippen LogP contribution in [-0.2, 0) is 19.6 Å². The minimum absolute atomic E-state index is 0.0414. The van der Waals surface area contributed by atoms with Gasteiger partial charge in [0.05, 0.1) is 11.5 Å². The number of hydrogen-bond acceptors (Lipinski definition) is 5. The molecule has 2 N–H and O–H groups in total. The Hall–Kier alpha value is -1.97. The van der Waals surface area contributed by atoms with Gasteiger partial charge in [0, 0.05) is 25.8 Å². The Balaban J connectivity index is 3.22. The van der Waals surface area contributed by atoms with Crippen molar-refractivity contribution in [2.24, 2.45) is 0 Å². The first kappa shape index (κ1) is 20.1. The topological polar surface area (TPSA) is 113 Å². The first-order chi connectivity index (χ1) is 11.2. The number of sulfonamides is 1. The summed E-state index contributed by atoms with van der Waals surface area (Å²) in [5.74, 6) is -1.71. The van der Waals surface area contributed by atoms with Crippen molar-refractivity contribution < 1.29 is 27.9 Å². The highest BCUT2D eigenvalue weighted by Gasteiger charge is 2.22. The molecule has 0 fully saturated rings. The minimum Gasteiger partial charge on any atom is -0.480 e. The molecule has 0 radical (unpaired) electrons. The summed E-state index contributed by atoms with van der Waals surface area (Å²) in [7, 11) is -2.27. The average Bonchev–Trinajstić information content (AvgIpc) is 2.50. The van der Waals surface area contributed by atoms with E-state index in [-0.39, 0.29) is 30.2 Å². The maximum Gasteiger partial charge on any atom is 0.323 e. The van der Waals surface area contributed by atoms with E-state index < -0.39 is 28.4 Å². The smallest absolute Gasteiger partial charge is 0.323 e. The van der Waals surface area contributed by atoms with Crippen LogP contribution in [0.15, 0.2) is 23.1 Å². The van der Waals surface area contributed by atoms with E-state index in [9.17, 15) is 18.0 Å². The third-order valence-electron chi connectivity index (χ3n) is 3.26. The summed E-state index contributed by atoms with van der Waals surface area (Å²) in [5, 5.41) is 8.96. The molecule has 0 aliphatic heterocycles. The quantitative estimate of drug-likeness (QED) is 0.663. The molecule has 24 heavy (non-hydrogen) atoms. The van der Waals surface area contributed by atoms with Crippen LogP contribution in [0.2, 0.25) is 0 Å². The molecular weight excluding hydrogens is 336 g/mol. The van der Waals surface area contributed by atoms with E-state index in [0.29, 0.717) is 5.56 Å². The molecule has 0 heterocycles. The Kier molecular flexibility index (Phi) is 7.33. The SMILES string of the molecule is CCNS(=O)(=O)c1ccc(C)c(C(=O)N(CCOC)CC(=O)O)c1. The van der Waals surface area contributed by atoms with Crippen molar-refractivity contribution in [3.05, 3.63) is 29.3 Å². The van der Waals surface area contributed by atoms with Crippen molar-refractivity contribution in [3.8, 4) is 0 Å². The zero-order valence-corrected chi connectivity index (χ0v) is 14.7. The third-order valence-corrected chi connectivity index (χ3v) is 4.81. The van der Waals surface area contributed by atoms with E-state index in [1.54, 1.807) is 13.8 Å². The number of methoxy groups -OCH3 is 1. The Labute approximate surface area is 141 Å². The third kappa shape index (κ3) is 5.29. The number of nitrogens with one attached hydrogen (secondary N) is 1. The van der Waals surface area contributed by atoms with Gasteiger partial charge in [0.25, 0.3) is 5.91 Å². The lowest BCUT2D eigenvalue weighted by Gasteiger charge is -2.21. The number of carboxylic acids is 1. The second-order valence-corrected chi connectivity index (χ2v) is 6.86. The van der Waals surface area contributed by atoms with Crippen LogP contribution in [0.1, 0.15) is 22.8 Å². The molecule has 9 heteroatoms. The number of hydrogen-bond donors (Lipinski definition) is 2. The van der Waals surface area contributed by atoms with E-state index in [4.69, 9.17) is 9.84 Å². The van der Waals surface area contributed by atoms with E-state index in [0.717, 1.165) is 4.90 Å². The van der Waals surface area contributed by atoms with Gasteiger partial charge in [-0.05, 0) is 24.6 Å². The molecule has 0 saturated carbocycles. The second-order valence-electron chi connectivity index (χ2n) is 5.09. The first-order valence-corrected chi connectivity index (χ1v) is 8.81. The average molecular weight is 358 g/mol. The van der Waals surface area contributed by atoms with Crippen molar-refractivity contribution in [3.63, 3.8) is 0 Å². The molecule has 1 aromatic carbocycles. The van der Waals surface area contributed by atoms with Gasteiger partial charge < -0.3 is 14.7 Å². The largest absolute Gasteiger partial charge is 0.480 e. The Morgan fingerprint density at radius 3 is 2.54 bits per heavy atom. The highest BCUT2D eigenvalue weighted by molar-refractivity contribution is 7.89. The van der Waals surface area contributed by atoms with Gasteiger partial charge in [-0.1, -0.05) is 13.0 Å². The van der Waals surface area contributed by atoms with Gasteiger partial charge in [0.15, 0.2) is 0 Å². The van der Waals surface area contributed by atoms with Gasteiger partial charge >= 0.3 is 5.97 Å². The summed E-state index contributed by atoms with van der Waals surface area (Å²) in [4.78, 5) is 24.7. The van der Waals surface area contributed by atoms with Crippen molar-refractivity contribution in [1.29, 1.82) is 0 Å². The molecule has 134 valence electrons. The van der Waals surface area contributed by atoms with Gasteiger partial charge in [-0.25, -0.2) is 13.1 Å². The van der Waals surface area contributed by atoms with E-state index in [1.165, 1.54) is 25.3 Å². The number of amides is 1.